The number of nitrogens with zero attached hydrogens (tertiary/aromatic N) is 2. The van der Waals surface area contributed by atoms with Crippen LogP contribution < -0.4 is 4.74 Å². The maximum absolute atomic E-state index is 12.7. The van der Waals surface area contributed by atoms with E-state index < -0.39 is 17.8 Å². The highest BCUT2D eigenvalue weighted by molar-refractivity contribution is 5.39. The van der Waals surface area contributed by atoms with Crippen molar-refractivity contribution in [1.29, 1.82) is 0 Å². The molecule has 0 fully saturated rings. The minimum atomic E-state index is -4.39. The molecule has 0 saturated carbocycles. The predicted octanol–water partition coefficient (Wildman–Crippen LogP) is 4.49. The summed E-state index contributed by atoms with van der Waals surface area (Å²) >= 11 is 0. The number of aromatic nitrogens is 1. The van der Waals surface area contributed by atoms with Crippen LogP contribution in [0.25, 0.3) is 0 Å². The SMILES string of the molecule is O[C@@H](COc1ccc(C(F)(F)F)cc1)CN1CCc2ccccc2[C@@H]1c1cccnc1. The fourth-order valence-corrected chi connectivity index (χ4v) is 4.00. The van der Waals surface area contributed by atoms with Gasteiger partial charge in [0.05, 0.1) is 11.6 Å². The van der Waals surface area contributed by atoms with E-state index >= 15 is 0 Å². The van der Waals surface area contributed by atoms with Crippen molar-refractivity contribution in [3.05, 3.63) is 95.3 Å². The number of hydrogen-bond donors (Lipinski definition) is 1. The van der Waals surface area contributed by atoms with E-state index in [-0.39, 0.29) is 12.6 Å². The third kappa shape index (κ3) is 5.06. The molecule has 0 radical (unpaired) electrons. The number of benzene rings is 2. The Bertz CT molecular complexity index is 994. The van der Waals surface area contributed by atoms with Gasteiger partial charge in [0.2, 0.25) is 0 Å². The molecule has 4 nitrogen and oxygen atoms in total. The topological polar surface area (TPSA) is 45.6 Å². The van der Waals surface area contributed by atoms with E-state index in [1.807, 2.05) is 30.5 Å². The zero-order chi connectivity index (χ0) is 21.8. The largest absolute Gasteiger partial charge is 0.491 e. The zero-order valence-electron chi connectivity index (χ0n) is 16.8. The Morgan fingerprint density at radius 3 is 2.55 bits per heavy atom. The lowest BCUT2D eigenvalue weighted by Crippen LogP contribution is -2.42. The van der Waals surface area contributed by atoms with Crippen molar-refractivity contribution < 1.29 is 23.0 Å². The number of rotatable bonds is 6. The smallest absolute Gasteiger partial charge is 0.416 e. The van der Waals surface area contributed by atoms with Crippen molar-refractivity contribution in [1.82, 2.24) is 9.88 Å². The van der Waals surface area contributed by atoms with Gasteiger partial charge < -0.3 is 9.84 Å². The van der Waals surface area contributed by atoms with Crippen molar-refractivity contribution in [3.63, 3.8) is 0 Å². The van der Waals surface area contributed by atoms with Gasteiger partial charge in [-0.05, 0) is 53.4 Å². The monoisotopic (exact) mass is 428 g/mol. The number of ether oxygens (including phenoxy) is 1. The van der Waals surface area contributed by atoms with Crippen LogP contribution in [0.5, 0.6) is 5.75 Å². The molecule has 0 amide bonds. The first-order valence-electron chi connectivity index (χ1n) is 10.1. The lowest BCUT2D eigenvalue weighted by molar-refractivity contribution is -0.137. The van der Waals surface area contributed by atoms with E-state index in [4.69, 9.17) is 4.74 Å². The van der Waals surface area contributed by atoms with Gasteiger partial charge in [0.25, 0.3) is 0 Å². The van der Waals surface area contributed by atoms with Gasteiger partial charge in [-0.2, -0.15) is 13.2 Å². The molecule has 0 unspecified atom stereocenters. The molecule has 1 aliphatic heterocycles. The minimum absolute atomic E-state index is 0.0106. The highest BCUT2D eigenvalue weighted by atomic mass is 19.4. The molecule has 4 rings (SSSR count). The summed E-state index contributed by atoms with van der Waals surface area (Å²) in [6.07, 6.45) is -0.740. The van der Waals surface area contributed by atoms with Gasteiger partial charge in [-0.25, -0.2) is 0 Å². The number of alkyl halides is 3. The second-order valence-corrected chi connectivity index (χ2v) is 7.62. The summed E-state index contributed by atoms with van der Waals surface area (Å²) in [7, 11) is 0. The number of aliphatic hydroxyl groups is 1. The lowest BCUT2D eigenvalue weighted by Gasteiger charge is -2.38. The summed E-state index contributed by atoms with van der Waals surface area (Å²) in [6, 6.07) is 16.6. The van der Waals surface area contributed by atoms with Crippen LogP contribution in [0.3, 0.4) is 0 Å². The second-order valence-electron chi connectivity index (χ2n) is 7.62. The van der Waals surface area contributed by atoms with E-state index in [1.54, 1.807) is 6.20 Å². The maximum Gasteiger partial charge on any atom is 0.416 e. The fraction of sp³-hybridized carbons (Fsp3) is 0.292. The summed E-state index contributed by atoms with van der Waals surface area (Å²) in [6.45, 7) is 1.13. The molecule has 0 bridgehead atoms. The van der Waals surface area contributed by atoms with E-state index in [2.05, 4.69) is 22.0 Å². The molecule has 162 valence electrons. The van der Waals surface area contributed by atoms with Gasteiger partial charge >= 0.3 is 6.18 Å². The Balaban J connectivity index is 1.44. The van der Waals surface area contributed by atoms with E-state index in [0.717, 1.165) is 30.7 Å². The number of fused-ring (bicyclic) bond motifs is 1. The average Bonchev–Trinajstić information content (AvgIpc) is 2.78. The Hall–Kier alpha value is -2.90. The fourth-order valence-electron chi connectivity index (χ4n) is 4.00. The van der Waals surface area contributed by atoms with Crippen molar-refractivity contribution in [2.24, 2.45) is 0 Å². The molecule has 1 aliphatic rings. The minimum Gasteiger partial charge on any atom is -0.491 e. The Morgan fingerprint density at radius 1 is 1.06 bits per heavy atom. The summed E-state index contributed by atoms with van der Waals surface area (Å²) in [5.74, 6) is 0.292. The number of β-amino-alcohol motifs (C(OH)–C–C–N with tert-alkyl or cyclic N) is 1. The quantitative estimate of drug-likeness (QED) is 0.629. The first-order chi connectivity index (χ1) is 14.9. The summed E-state index contributed by atoms with van der Waals surface area (Å²) < 4.78 is 43.6. The van der Waals surface area contributed by atoms with Crippen LogP contribution in [0.15, 0.2) is 73.1 Å². The van der Waals surface area contributed by atoms with E-state index in [9.17, 15) is 18.3 Å². The normalized spacial score (nSPS) is 17.7. The highest BCUT2D eigenvalue weighted by Gasteiger charge is 2.31. The van der Waals surface area contributed by atoms with Gasteiger partial charge in [-0.15, -0.1) is 0 Å². The summed E-state index contributed by atoms with van der Waals surface area (Å²) in [4.78, 5) is 6.45. The molecule has 0 spiro atoms. The molecule has 2 heterocycles. The van der Waals surface area contributed by atoms with Gasteiger partial charge in [0.1, 0.15) is 18.5 Å². The van der Waals surface area contributed by atoms with Crippen LogP contribution in [0, 0.1) is 0 Å². The Morgan fingerprint density at radius 2 is 1.84 bits per heavy atom. The van der Waals surface area contributed by atoms with Gasteiger partial charge in [0, 0.05) is 25.5 Å². The van der Waals surface area contributed by atoms with E-state index in [0.29, 0.717) is 12.3 Å². The van der Waals surface area contributed by atoms with Crippen LogP contribution in [0.2, 0.25) is 0 Å². The first-order valence-corrected chi connectivity index (χ1v) is 10.1. The molecule has 1 N–H and O–H groups in total. The molecule has 1 aromatic heterocycles. The molecule has 2 aromatic carbocycles. The number of pyridine rings is 1. The first kappa shape index (κ1) is 21.3. The number of halogens is 3. The highest BCUT2D eigenvalue weighted by Crippen LogP contribution is 2.35. The average molecular weight is 428 g/mol. The molecule has 0 aliphatic carbocycles. The van der Waals surface area contributed by atoms with Gasteiger partial charge in [-0.3, -0.25) is 9.88 Å². The van der Waals surface area contributed by atoms with Crippen molar-refractivity contribution in [2.45, 2.75) is 24.7 Å². The number of aliphatic hydroxyl groups excluding tert-OH is 1. The Kier molecular flexibility index (Phi) is 6.25. The third-order valence-electron chi connectivity index (χ3n) is 5.45. The summed E-state index contributed by atoms with van der Waals surface area (Å²) in [5.41, 5.74) is 2.79. The van der Waals surface area contributed by atoms with E-state index in [1.165, 1.54) is 23.3 Å². The van der Waals surface area contributed by atoms with Crippen LogP contribution in [0.4, 0.5) is 13.2 Å². The van der Waals surface area contributed by atoms with Crippen molar-refractivity contribution in [2.75, 3.05) is 19.7 Å². The third-order valence-corrected chi connectivity index (χ3v) is 5.45. The standard InChI is InChI=1S/C24H23F3N2O2/c25-24(26,27)19-7-9-21(10-8-19)31-16-20(30)15-29-13-11-17-4-1-2-6-22(17)23(29)18-5-3-12-28-14-18/h1-10,12,14,20,23,30H,11,13,15-16H2/t20-,23+/m1/s1. The Labute approximate surface area is 178 Å². The van der Waals surface area contributed by atoms with Crippen LogP contribution >= 0.6 is 0 Å². The maximum atomic E-state index is 12.7. The predicted molar refractivity (Wildman–Crippen MR) is 111 cm³/mol. The molecular formula is C24H23F3N2O2. The van der Waals surface area contributed by atoms with Crippen molar-refractivity contribution >= 4 is 0 Å². The van der Waals surface area contributed by atoms with Gasteiger partial charge in [-0.1, -0.05) is 30.3 Å². The molecule has 0 saturated heterocycles. The van der Waals surface area contributed by atoms with Crippen LogP contribution in [-0.2, 0) is 12.6 Å². The second kappa shape index (κ2) is 9.08. The molecule has 31 heavy (non-hydrogen) atoms. The molecule has 7 heteroatoms. The number of hydrogen-bond acceptors (Lipinski definition) is 4. The molecular weight excluding hydrogens is 405 g/mol. The molecule has 3 aromatic rings. The summed E-state index contributed by atoms with van der Waals surface area (Å²) in [5, 5.41) is 10.6. The van der Waals surface area contributed by atoms with Gasteiger partial charge in [0.15, 0.2) is 0 Å². The van der Waals surface area contributed by atoms with Crippen molar-refractivity contribution in [3.8, 4) is 5.75 Å². The molecule has 2 atom stereocenters. The lowest BCUT2D eigenvalue weighted by atomic mass is 9.88. The zero-order valence-corrected chi connectivity index (χ0v) is 16.8. The van der Waals surface area contributed by atoms with Crippen LogP contribution in [0.1, 0.15) is 28.3 Å². The van der Waals surface area contributed by atoms with Crippen LogP contribution in [-0.4, -0.2) is 40.8 Å².